The zero-order chi connectivity index (χ0) is 17.7. The topological polar surface area (TPSA) is 57.5 Å². The highest BCUT2D eigenvalue weighted by molar-refractivity contribution is 5.90. The van der Waals surface area contributed by atoms with E-state index in [4.69, 9.17) is 4.42 Å². The molecule has 0 fully saturated rings. The monoisotopic (exact) mass is 341 g/mol. The molecule has 1 unspecified atom stereocenters. The van der Waals surface area contributed by atoms with Crippen LogP contribution in [0.15, 0.2) is 47.1 Å². The van der Waals surface area contributed by atoms with Crippen LogP contribution in [0.1, 0.15) is 17.4 Å². The third-order valence-electron chi connectivity index (χ3n) is 3.43. The molecule has 0 radical (unpaired) electrons. The van der Waals surface area contributed by atoms with Crippen LogP contribution in [0.3, 0.4) is 0 Å². The van der Waals surface area contributed by atoms with Gasteiger partial charge in [0.2, 0.25) is 0 Å². The van der Waals surface area contributed by atoms with Gasteiger partial charge in [0.1, 0.15) is 5.76 Å². The first kappa shape index (κ1) is 17.9. The summed E-state index contributed by atoms with van der Waals surface area (Å²) < 4.78 is 44.1. The van der Waals surface area contributed by atoms with Gasteiger partial charge in [-0.05, 0) is 38.4 Å². The van der Waals surface area contributed by atoms with Gasteiger partial charge in [-0.25, -0.2) is 4.79 Å². The summed E-state index contributed by atoms with van der Waals surface area (Å²) in [6.45, 7) is 0.181. The molecule has 0 aliphatic carbocycles. The number of amides is 2. The summed E-state index contributed by atoms with van der Waals surface area (Å²) in [5.74, 6) is 0.649. The molecule has 2 N–H and O–H groups in total. The van der Waals surface area contributed by atoms with Gasteiger partial charge in [-0.2, -0.15) is 13.2 Å². The highest BCUT2D eigenvalue weighted by atomic mass is 19.4. The Labute approximate surface area is 137 Å². The largest absolute Gasteiger partial charge is 0.468 e. The van der Waals surface area contributed by atoms with Gasteiger partial charge in [0.25, 0.3) is 0 Å². The first-order valence-electron chi connectivity index (χ1n) is 7.20. The molecule has 24 heavy (non-hydrogen) atoms. The number of likely N-dealkylation sites (N-methyl/N-ethyl adjacent to an activating group) is 1. The highest BCUT2D eigenvalue weighted by Crippen LogP contribution is 2.34. The molecule has 130 valence electrons. The average Bonchev–Trinajstić information content (AvgIpc) is 3.00. The van der Waals surface area contributed by atoms with Crippen molar-refractivity contribution in [2.45, 2.75) is 12.2 Å². The lowest BCUT2D eigenvalue weighted by atomic mass is 10.1. The summed E-state index contributed by atoms with van der Waals surface area (Å²) in [5.41, 5.74) is -1.18. The van der Waals surface area contributed by atoms with Gasteiger partial charge >= 0.3 is 12.2 Å². The molecule has 1 aromatic heterocycles. The smallest absolute Gasteiger partial charge is 0.418 e. The number of halogens is 3. The Morgan fingerprint density at radius 2 is 1.92 bits per heavy atom. The number of hydrogen-bond donors (Lipinski definition) is 2. The number of anilines is 1. The van der Waals surface area contributed by atoms with Gasteiger partial charge < -0.3 is 15.1 Å². The Morgan fingerprint density at radius 3 is 2.50 bits per heavy atom. The fraction of sp³-hybridized carbons (Fsp3) is 0.312. The van der Waals surface area contributed by atoms with Gasteiger partial charge in [-0.15, -0.1) is 0 Å². The summed E-state index contributed by atoms with van der Waals surface area (Å²) in [7, 11) is 3.62. The molecule has 5 nitrogen and oxygen atoms in total. The van der Waals surface area contributed by atoms with Crippen molar-refractivity contribution in [3.63, 3.8) is 0 Å². The minimum atomic E-state index is -4.54. The van der Waals surface area contributed by atoms with Gasteiger partial charge in [-0.1, -0.05) is 12.1 Å². The fourth-order valence-electron chi connectivity index (χ4n) is 2.21. The molecule has 0 aliphatic rings. The number of furan rings is 1. The molecule has 2 aromatic rings. The van der Waals surface area contributed by atoms with Crippen molar-refractivity contribution in [2.24, 2.45) is 0 Å². The summed E-state index contributed by atoms with van der Waals surface area (Å²) >= 11 is 0. The number of nitrogens with one attached hydrogen (secondary N) is 2. The Balaban J connectivity index is 2.01. The lowest BCUT2D eigenvalue weighted by Crippen LogP contribution is -2.37. The molecule has 8 heteroatoms. The second-order valence-electron chi connectivity index (χ2n) is 5.37. The van der Waals surface area contributed by atoms with Gasteiger partial charge in [0.05, 0.1) is 23.6 Å². The number of carbonyl (C=O) groups excluding carboxylic acids is 1. The number of urea groups is 1. The maximum atomic E-state index is 12.9. The van der Waals surface area contributed by atoms with Crippen LogP contribution in [0.5, 0.6) is 0 Å². The van der Waals surface area contributed by atoms with Crippen LogP contribution in [0.2, 0.25) is 0 Å². The van der Waals surface area contributed by atoms with E-state index in [1.54, 1.807) is 12.1 Å². The van der Waals surface area contributed by atoms with Gasteiger partial charge in [0, 0.05) is 6.54 Å². The van der Waals surface area contributed by atoms with Crippen molar-refractivity contribution in [3.8, 4) is 0 Å². The van der Waals surface area contributed by atoms with Crippen molar-refractivity contribution in [1.82, 2.24) is 10.2 Å². The molecular weight excluding hydrogens is 323 g/mol. The summed E-state index contributed by atoms with van der Waals surface area (Å²) in [5, 5.41) is 4.80. The molecule has 2 amide bonds. The van der Waals surface area contributed by atoms with E-state index >= 15 is 0 Å². The normalized spacial score (nSPS) is 12.9. The molecule has 1 aromatic carbocycles. The number of rotatable bonds is 5. The lowest BCUT2D eigenvalue weighted by Gasteiger charge is -2.23. The van der Waals surface area contributed by atoms with E-state index in [2.05, 4.69) is 10.6 Å². The zero-order valence-corrected chi connectivity index (χ0v) is 13.2. The molecule has 0 spiro atoms. The molecule has 0 aliphatic heterocycles. The van der Waals surface area contributed by atoms with Crippen LogP contribution in [-0.2, 0) is 6.18 Å². The number of alkyl halides is 3. The van der Waals surface area contributed by atoms with Crippen LogP contribution in [0.4, 0.5) is 23.7 Å². The van der Waals surface area contributed by atoms with Crippen LogP contribution in [0, 0.1) is 0 Å². The van der Waals surface area contributed by atoms with Crippen molar-refractivity contribution in [2.75, 3.05) is 26.0 Å². The van der Waals surface area contributed by atoms with Gasteiger partial charge in [0.15, 0.2) is 0 Å². The maximum absolute atomic E-state index is 12.9. The Morgan fingerprint density at radius 1 is 1.21 bits per heavy atom. The van der Waals surface area contributed by atoms with Crippen LogP contribution >= 0.6 is 0 Å². The summed E-state index contributed by atoms with van der Waals surface area (Å²) in [4.78, 5) is 13.8. The maximum Gasteiger partial charge on any atom is 0.418 e. The van der Waals surface area contributed by atoms with E-state index < -0.39 is 17.8 Å². The Hall–Kier alpha value is -2.48. The second-order valence-corrected chi connectivity index (χ2v) is 5.37. The number of para-hydroxylation sites is 1. The second kappa shape index (κ2) is 7.39. The third-order valence-corrected chi connectivity index (χ3v) is 3.43. The number of nitrogens with zero attached hydrogens (tertiary/aromatic N) is 1. The summed E-state index contributed by atoms with van der Waals surface area (Å²) in [6.07, 6.45) is -3.02. The first-order chi connectivity index (χ1) is 11.3. The molecule has 0 saturated carbocycles. The number of carbonyl (C=O) groups is 1. The van der Waals surface area contributed by atoms with E-state index in [9.17, 15) is 18.0 Å². The number of hydrogen-bond acceptors (Lipinski definition) is 3. The predicted molar refractivity (Wildman–Crippen MR) is 83.6 cm³/mol. The van der Waals surface area contributed by atoms with E-state index in [1.807, 2.05) is 19.0 Å². The van der Waals surface area contributed by atoms with E-state index in [0.29, 0.717) is 5.76 Å². The van der Waals surface area contributed by atoms with Crippen LogP contribution in [0.25, 0.3) is 0 Å². The number of benzene rings is 1. The SMILES string of the molecule is CN(C)C(CNC(=O)Nc1ccccc1C(F)(F)F)c1ccco1. The molecule has 1 heterocycles. The average molecular weight is 341 g/mol. The Kier molecular flexibility index (Phi) is 5.50. The Bertz CT molecular complexity index is 669. The molecule has 1 atom stereocenters. The fourth-order valence-corrected chi connectivity index (χ4v) is 2.21. The quantitative estimate of drug-likeness (QED) is 0.871. The van der Waals surface area contributed by atoms with Crippen molar-refractivity contribution < 1.29 is 22.4 Å². The summed E-state index contributed by atoms with van der Waals surface area (Å²) in [6, 6.07) is 7.36. The van der Waals surface area contributed by atoms with Crippen LogP contribution in [-0.4, -0.2) is 31.6 Å². The lowest BCUT2D eigenvalue weighted by molar-refractivity contribution is -0.136. The predicted octanol–water partition coefficient (Wildman–Crippen LogP) is 3.72. The minimum Gasteiger partial charge on any atom is -0.468 e. The first-order valence-corrected chi connectivity index (χ1v) is 7.20. The van der Waals surface area contributed by atoms with Crippen molar-refractivity contribution >= 4 is 11.7 Å². The molecule has 0 bridgehead atoms. The highest BCUT2D eigenvalue weighted by Gasteiger charge is 2.33. The van der Waals surface area contributed by atoms with E-state index in [0.717, 1.165) is 6.07 Å². The molecular formula is C16H18F3N3O2. The minimum absolute atomic E-state index is 0.181. The van der Waals surface area contributed by atoms with Crippen molar-refractivity contribution in [3.05, 3.63) is 54.0 Å². The van der Waals surface area contributed by atoms with Crippen LogP contribution < -0.4 is 10.6 Å². The standard InChI is InChI=1S/C16H18F3N3O2/c1-22(2)13(14-8-5-9-24-14)10-20-15(23)21-12-7-4-3-6-11(12)16(17,18)19/h3-9,13H,10H2,1-2H3,(H2,20,21,23). The van der Waals surface area contributed by atoms with E-state index in [-0.39, 0.29) is 18.3 Å². The van der Waals surface area contributed by atoms with Gasteiger partial charge in [-0.3, -0.25) is 4.90 Å². The van der Waals surface area contributed by atoms with E-state index in [1.165, 1.54) is 24.5 Å². The zero-order valence-electron chi connectivity index (χ0n) is 13.2. The molecule has 0 saturated heterocycles. The third kappa shape index (κ3) is 4.51. The van der Waals surface area contributed by atoms with Crippen molar-refractivity contribution in [1.29, 1.82) is 0 Å². The molecule has 2 rings (SSSR count).